The minimum absolute atomic E-state index is 0. The third-order valence-electron chi connectivity index (χ3n) is 4.25. The van der Waals surface area contributed by atoms with Gasteiger partial charge < -0.3 is 15.4 Å². The molecule has 2 aliphatic rings. The number of halogens is 1. The van der Waals surface area contributed by atoms with Crippen LogP contribution in [0.15, 0.2) is 30.3 Å². The average Bonchev–Trinajstić information content (AvgIpc) is 2.45. The fourth-order valence-corrected chi connectivity index (χ4v) is 2.91. The molecule has 1 spiro atoms. The van der Waals surface area contributed by atoms with Crippen molar-refractivity contribution in [2.24, 2.45) is 5.73 Å². The minimum atomic E-state index is -0.559. The van der Waals surface area contributed by atoms with Crippen LogP contribution < -0.4 is 5.73 Å². The molecule has 1 unspecified atom stereocenters. The molecule has 2 N–H and O–H groups in total. The SMILES string of the molecule is Cl.NC(C(=O)N1CCOC2(CCC2)C1)c1ccccc1. The van der Waals surface area contributed by atoms with Crippen LogP contribution in [0.3, 0.4) is 0 Å². The maximum Gasteiger partial charge on any atom is 0.244 e. The van der Waals surface area contributed by atoms with Crippen molar-refractivity contribution in [1.82, 2.24) is 4.90 Å². The van der Waals surface area contributed by atoms with Crippen molar-refractivity contribution in [3.05, 3.63) is 35.9 Å². The van der Waals surface area contributed by atoms with Gasteiger partial charge in [0.05, 0.1) is 12.2 Å². The van der Waals surface area contributed by atoms with E-state index in [2.05, 4.69) is 0 Å². The van der Waals surface area contributed by atoms with Crippen molar-refractivity contribution in [2.45, 2.75) is 30.9 Å². The first-order valence-corrected chi connectivity index (χ1v) is 6.94. The second kappa shape index (κ2) is 6.12. The molecule has 5 heteroatoms. The molecule has 1 atom stereocenters. The quantitative estimate of drug-likeness (QED) is 0.907. The molecule has 3 rings (SSSR count). The van der Waals surface area contributed by atoms with E-state index in [0.29, 0.717) is 19.7 Å². The van der Waals surface area contributed by atoms with Crippen LogP contribution in [0.1, 0.15) is 30.9 Å². The van der Waals surface area contributed by atoms with Gasteiger partial charge in [-0.2, -0.15) is 0 Å². The minimum Gasteiger partial charge on any atom is -0.371 e. The van der Waals surface area contributed by atoms with Gasteiger partial charge in [0.1, 0.15) is 6.04 Å². The van der Waals surface area contributed by atoms with Gasteiger partial charge in [0.2, 0.25) is 5.91 Å². The van der Waals surface area contributed by atoms with Gasteiger partial charge in [-0.3, -0.25) is 4.79 Å². The number of ether oxygens (including phenoxy) is 1. The fourth-order valence-electron chi connectivity index (χ4n) is 2.91. The zero-order valence-corrected chi connectivity index (χ0v) is 12.3. The summed E-state index contributed by atoms with van der Waals surface area (Å²) >= 11 is 0. The number of carbonyl (C=O) groups is 1. The molecule has 110 valence electrons. The Morgan fingerprint density at radius 3 is 2.60 bits per heavy atom. The Balaban J connectivity index is 0.00000147. The molecular formula is C15H21ClN2O2. The standard InChI is InChI=1S/C15H20N2O2.ClH/c16-13(12-5-2-1-3-6-12)14(18)17-9-10-19-15(11-17)7-4-8-15;/h1-3,5-6,13H,4,7-11,16H2;1H. The smallest absolute Gasteiger partial charge is 0.244 e. The van der Waals surface area contributed by atoms with Gasteiger partial charge in [0.15, 0.2) is 0 Å². The topological polar surface area (TPSA) is 55.6 Å². The van der Waals surface area contributed by atoms with E-state index in [0.717, 1.165) is 18.4 Å². The summed E-state index contributed by atoms with van der Waals surface area (Å²) in [5.41, 5.74) is 6.90. The number of amides is 1. The third kappa shape index (κ3) is 2.82. The molecule has 1 aliphatic heterocycles. The normalized spacial score (nSPS) is 21.8. The van der Waals surface area contributed by atoms with Crippen LogP contribution in [0, 0.1) is 0 Å². The van der Waals surface area contributed by atoms with Crippen LogP contribution in [0.5, 0.6) is 0 Å². The second-order valence-corrected chi connectivity index (χ2v) is 5.53. The van der Waals surface area contributed by atoms with E-state index < -0.39 is 6.04 Å². The third-order valence-corrected chi connectivity index (χ3v) is 4.25. The first-order chi connectivity index (χ1) is 9.20. The Morgan fingerprint density at radius 1 is 1.30 bits per heavy atom. The lowest BCUT2D eigenvalue weighted by molar-refractivity contribution is -0.168. The lowest BCUT2D eigenvalue weighted by atomic mass is 9.78. The largest absolute Gasteiger partial charge is 0.371 e. The van der Waals surface area contributed by atoms with Crippen LogP contribution >= 0.6 is 12.4 Å². The Bertz CT molecular complexity index is 462. The van der Waals surface area contributed by atoms with E-state index in [1.807, 2.05) is 35.2 Å². The summed E-state index contributed by atoms with van der Waals surface area (Å²) in [5, 5.41) is 0. The number of morpholine rings is 1. The summed E-state index contributed by atoms with van der Waals surface area (Å²) in [6.45, 7) is 1.99. The number of nitrogens with zero attached hydrogens (tertiary/aromatic N) is 1. The molecule has 0 radical (unpaired) electrons. The van der Waals surface area contributed by atoms with Gasteiger partial charge in [0, 0.05) is 13.1 Å². The van der Waals surface area contributed by atoms with Gasteiger partial charge >= 0.3 is 0 Å². The van der Waals surface area contributed by atoms with E-state index >= 15 is 0 Å². The van der Waals surface area contributed by atoms with Crippen LogP contribution in [0.25, 0.3) is 0 Å². The summed E-state index contributed by atoms with van der Waals surface area (Å²) in [4.78, 5) is 14.3. The zero-order chi connectivity index (χ0) is 13.3. The highest BCUT2D eigenvalue weighted by atomic mass is 35.5. The highest BCUT2D eigenvalue weighted by Crippen LogP contribution is 2.38. The van der Waals surface area contributed by atoms with E-state index in [1.54, 1.807) is 0 Å². The summed E-state index contributed by atoms with van der Waals surface area (Å²) < 4.78 is 5.83. The zero-order valence-electron chi connectivity index (χ0n) is 11.5. The highest BCUT2D eigenvalue weighted by molar-refractivity contribution is 5.85. The molecule has 1 heterocycles. The van der Waals surface area contributed by atoms with E-state index in [-0.39, 0.29) is 23.9 Å². The molecule has 0 bridgehead atoms. The van der Waals surface area contributed by atoms with Gasteiger partial charge in [0.25, 0.3) is 0 Å². The lowest BCUT2D eigenvalue weighted by Gasteiger charge is -2.48. The number of carbonyl (C=O) groups excluding carboxylic acids is 1. The van der Waals surface area contributed by atoms with E-state index in [4.69, 9.17) is 10.5 Å². The molecule has 1 saturated carbocycles. The molecule has 4 nitrogen and oxygen atoms in total. The fraction of sp³-hybridized carbons (Fsp3) is 0.533. The molecule has 1 amide bonds. The van der Waals surface area contributed by atoms with Gasteiger partial charge in [-0.1, -0.05) is 30.3 Å². The Kier molecular flexibility index (Phi) is 4.68. The second-order valence-electron chi connectivity index (χ2n) is 5.53. The molecule has 1 aromatic carbocycles. The van der Waals surface area contributed by atoms with Crippen LogP contribution in [-0.2, 0) is 9.53 Å². The van der Waals surface area contributed by atoms with Crippen LogP contribution in [0.4, 0.5) is 0 Å². The van der Waals surface area contributed by atoms with Crippen molar-refractivity contribution in [1.29, 1.82) is 0 Å². The number of nitrogens with two attached hydrogens (primary N) is 1. The number of hydrogen-bond donors (Lipinski definition) is 1. The van der Waals surface area contributed by atoms with Crippen molar-refractivity contribution >= 4 is 18.3 Å². The maximum absolute atomic E-state index is 12.5. The van der Waals surface area contributed by atoms with Crippen molar-refractivity contribution < 1.29 is 9.53 Å². The molecule has 1 aliphatic carbocycles. The van der Waals surface area contributed by atoms with Crippen molar-refractivity contribution in [3.63, 3.8) is 0 Å². The molecule has 1 aromatic rings. The van der Waals surface area contributed by atoms with E-state index in [9.17, 15) is 4.79 Å². The molecule has 2 fully saturated rings. The predicted molar refractivity (Wildman–Crippen MR) is 79.7 cm³/mol. The Morgan fingerprint density at radius 2 is 2.00 bits per heavy atom. The molecule has 1 saturated heterocycles. The van der Waals surface area contributed by atoms with Gasteiger partial charge in [-0.05, 0) is 24.8 Å². The summed E-state index contributed by atoms with van der Waals surface area (Å²) in [6, 6.07) is 9.00. The first-order valence-electron chi connectivity index (χ1n) is 6.94. The van der Waals surface area contributed by atoms with Gasteiger partial charge in [-0.25, -0.2) is 0 Å². The Labute approximate surface area is 125 Å². The average molecular weight is 297 g/mol. The number of hydrogen-bond acceptors (Lipinski definition) is 3. The van der Waals surface area contributed by atoms with Crippen LogP contribution in [-0.4, -0.2) is 36.1 Å². The number of benzene rings is 1. The summed E-state index contributed by atoms with van der Waals surface area (Å²) in [6.07, 6.45) is 3.33. The Hall–Kier alpha value is -1.10. The van der Waals surface area contributed by atoms with Crippen molar-refractivity contribution in [2.75, 3.05) is 19.7 Å². The van der Waals surface area contributed by atoms with E-state index in [1.165, 1.54) is 6.42 Å². The number of rotatable bonds is 2. The molecular weight excluding hydrogens is 276 g/mol. The summed E-state index contributed by atoms with van der Waals surface area (Å²) in [7, 11) is 0. The molecule has 20 heavy (non-hydrogen) atoms. The first kappa shape index (κ1) is 15.3. The predicted octanol–water partition coefficient (Wildman–Crippen LogP) is 1.89. The highest BCUT2D eigenvalue weighted by Gasteiger charge is 2.43. The monoisotopic (exact) mass is 296 g/mol. The van der Waals surface area contributed by atoms with Crippen molar-refractivity contribution in [3.8, 4) is 0 Å². The maximum atomic E-state index is 12.5. The molecule has 0 aromatic heterocycles. The lowest BCUT2D eigenvalue weighted by Crippen LogP contribution is -2.58. The van der Waals surface area contributed by atoms with Crippen LogP contribution in [0.2, 0.25) is 0 Å². The summed E-state index contributed by atoms with van der Waals surface area (Å²) in [5.74, 6) is 0.0146. The van der Waals surface area contributed by atoms with Gasteiger partial charge in [-0.15, -0.1) is 12.4 Å².